The van der Waals surface area contributed by atoms with E-state index in [0.29, 0.717) is 0 Å². The Morgan fingerprint density at radius 3 is 1.21 bits per heavy atom. The summed E-state index contributed by atoms with van der Waals surface area (Å²) in [4.78, 5) is 19.2. The summed E-state index contributed by atoms with van der Waals surface area (Å²) >= 11 is 1.55. The molecule has 0 heterocycles. The molecule has 0 amide bonds. The highest BCUT2D eigenvalue weighted by atomic mass is 32.2. The Bertz CT molecular complexity index is 236. The summed E-state index contributed by atoms with van der Waals surface area (Å²) < 4.78 is 0. The number of hydrogen-bond acceptors (Lipinski definition) is 5. The highest BCUT2D eigenvalue weighted by Gasteiger charge is 1.90. The smallest absolute Gasteiger partial charge is 0.330 e. The van der Waals surface area contributed by atoms with Crippen LogP contribution in [0.1, 0.15) is 13.8 Å². The van der Waals surface area contributed by atoms with Crippen LogP contribution in [0.25, 0.3) is 0 Å². The number of aliphatic hydroxyl groups is 2. The molecule has 0 fully saturated rings. The Balaban J connectivity index is -0.000000203. The van der Waals surface area contributed by atoms with E-state index < -0.39 is 11.9 Å². The van der Waals surface area contributed by atoms with Gasteiger partial charge in [0.05, 0.1) is 13.2 Å². The molecule has 0 aliphatic rings. The van der Waals surface area contributed by atoms with E-state index in [0.717, 1.165) is 11.5 Å². The topological polar surface area (TPSA) is 115 Å². The molecule has 0 saturated heterocycles. The fraction of sp³-hybridized carbons (Fsp3) is 0.500. The van der Waals surface area contributed by atoms with E-state index in [1.54, 1.807) is 11.8 Å². The number of aliphatic carboxylic acids is 2. The lowest BCUT2D eigenvalue weighted by molar-refractivity contribution is -0.133. The molecule has 0 aliphatic heterocycles. The first-order valence-corrected chi connectivity index (χ1v) is 6.43. The van der Waals surface area contributed by atoms with Crippen molar-refractivity contribution in [3.05, 3.63) is 24.3 Å². The van der Waals surface area contributed by atoms with E-state index in [1.807, 2.05) is 0 Å². The van der Waals surface area contributed by atoms with Crippen molar-refractivity contribution in [3.8, 4) is 0 Å². The molecule has 7 heteroatoms. The minimum absolute atomic E-state index is 0.176. The largest absolute Gasteiger partial charge is 0.478 e. The van der Waals surface area contributed by atoms with Crippen LogP contribution in [0, 0.1) is 0 Å². The fourth-order valence-corrected chi connectivity index (χ4v) is 0.693. The van der Waals surface area contributed by atoms with Gasteiger partial charge >= 0.3 is 11.9 Å². The van der Waals surface area contributed by atoms with Crippen molar-refractivity contribution in [1.29, 1.82) is 0 Å². The maximum Gasteiger partial charge on any atom is 0.330 e. The molecule has 0 spiro atoms. The fourth-order valence-electron chi connectivity index (χ4n) is 0.231. The number of hydrogen-bond donors (Lipinski definition) is 4. The van der Waals surface area contributed by atoms with Gasteiger partial charge in [-0.15, -0.1) is 0 Å². The van der Waals surface area contributed by atoms with Crippen LogP contribution in [-0.2, 0) is 9.59 Å². The minimum atomic E-state index is -0.935. The zero-order valence-electron chi connectivity index (χ0n) is 11.3. The Morgan fingerprint density at radius 1 is 0.895 bits per heavy atom. The van der Waals surface area contributed by atoms with E-state index in [4.69, 9.17) is 20.4 Å². The summed E-state index contributed by atoms with van der Waals surface area (Å²) in [6.45, 7) is 9.63. The van der Waals surface area contributed by atoms with Crippen molar-refractivity contribution in [3.63, 3.8) is 0 Å². The van der Waals surface area contributed by atoms with Gasteiger partial charge in [0.25, 0.3) is 0 Å². The highest BCUT2D eigenvalue weighted by Crippen LogP contribution is 1.94. The lowest BCUT2D eigenvalue weighted by atomic mass is 10.4. The molecule has 0 aromatic heterocycles. The van der Waals surface area contributed by atoms with Gasteiger partial charge in [-0.25, -0.2) is 9.59 Å². The molecule has 0 radical (unpaired) electrons. The highest BCUT2D eigenvalue weighted by molar-refractivity contribution is 7.99. The quantitative estimate of drug-likeness (QED) is 0.426. The molecule has 112 valence electrons. The van der Waals surface area contributed by atoms with Crippen LogP contribution in [-0.4, -0.2) is 57.1 Å². The van der Waals surface area contributed by atoms with Crippen molar-refractivity contribution in [1.82, 2.24) is 0 Å². The van der Waals surface area contributed by atoms with E-state index in [9.17, 15) is 9.59 Å². The van der Waals surface area contributed by atoms with Gasteiger partial charge in [0.15, 0.2) is 0 Å². The predicted octanol–water partition coefficient (Wildman–Crippen LogP) is 0.998. The first-order chi connectivity index (χ1) is 8.70. The zero-order chi connectivity index (χ0) is 15.8. The van der Waals surface area contributed by atoms with E-state index in [2.05, 4.69) is 13.2 Å². The first kappa shape index (κ1) is 22.8. The molecule has 0 aromatic carbocycles. The van der Waals surface area contributed by atoms with Crippen molar-refractivity contribution in [2.45, 2.75) is 13.8 Å². The van der Waals surface area contributed by atoms with Crippen LogP contribution in [0.3, 0.4) is 0 Å². The summed E-state index contributed by atoms with van der Waals surface area (Å²) in [5, 5.41) is 32.2. The normalized spacial score (nSPS) is 8.21. The summed E-state index contributed by atoms with van der Waals surface area (Å²) in [7, 11) is 0. The molecule has 0 bridgehead atoms. The predicted molar refractivity (Wildman–Crippen MR) is 76.4 cm³/mol. The van der Waals surface area contributed by atoms with Gasteiger partial charge in [0, 0.05) is 22.7 Å². The standard InChI is InChI=1S/C4H10O2S.2C4H6O2/c5-1-3-7-4-2-6;2*1-3(2)4(5)6/h5-6H,1-4H2;2*1H2,2H3,(H,5,6). The number of carboxylic acids is 2. The van der Waals surface area contributed by atoms with Gasteiger partial charge in [-0.05, 0) is 13.8 Å². The van der Waals surface area contributed by atoms with Gasteiger partial charge in [-0.3, -0.25) is 0 Å². The minimum Gasteiger partial charge on any atom is -0.478 e. The molecule has 0 rings (SSSR count). The van der Waals surface area contributed by atoms with Gasteiger partial charge in [0.1, 0.15) is 0 Å². The Morgan fingerprint density at radius 2 is 1.11 bits per heavy atom. The average Bonchev–Trinajstić information content (AvgIpc) is 2.31. The second kappa shape index (κ2) is 16.7. The molecular formula is C12H22O6S. The maximum absolute atomic E-state index is 9.60. The van der Waals surface area contributed by atoms with Crippen LogP contribution in [0.5, 0.6) is 0 Å². The Hall–Kier alpha value is -1.31. The second-order valence-electron chi connectivity index (χ2n) is 3.23. The van der Waals surface area contributed by atoms with E-state index >= 15 is 0 Å². The van der Waals surface area contributed by atoms with Crippen LogP contribution in [0.4, 0.5) is 0 Å². The van der Waals surface area contributed by atoms with Crippen LogP contribution >= 0.6 is 11.8 Å². The van der Waals surface area contributed by atoms with Gasteiger partial charge in [-0.2, -0.15) is 11.8 Å². The van der Waals surface area contributed by atoms with Crippen LogP contribution < -0.4 is 0 Å². The molecule has 6 nitrogen and oxygen atoms in total. The van der Waals surface area contributed by atoms with Crippen molar-refractivity contribution >= 4 is 23.7 Å². The average molecular weight is 294 g/mol. The van der Waals surface area contributed by atoms with Crippen molar-refractivity contribution < 1.29 is 30.0 Å². The molecule has 0 saturated carbocycles. The summed E-state index contributed by atoms with van der Waals surface area (Å²) in [6, 6.07) is 0. The third-order valence-electron chi connectivity index (χ3n) is 1.20. The third kappa shape index (κ3) is 31.5. The lowest BCUT2D eigenvalue weighted by Crippen LogP contribution is -1.92. The molecule has 0 unspecified atom stereocenters. The summed E-state index contributed by atoms with van der Waals surface area (Å²) in [6.07, 6.45) is 0. The molecule has 4 N–H and O–H groups in total. The Kier molecular flexibility index (Phi) is 20.1. The van der Waals surface area contributed by atoms with Gasteiger partial charge in [-0.1, -0.05) is 13.2 Å². The SMILES string of the molecule is C=C(C)C(=O)O.C=C(C)C(=O)O.OCCSCCO. The molecule has 0 aliphatic carbocycles. The molecule has 0 aromatic rings. The number of aliphatic hydroxyl groups excluding tert-OH is 2. The van der Waals surface area contributed by atoms with Crippen LogP contribution in [0.2, 0.25) is 0 Å². The van der Waals surface area contributed by atoms with Crippen molar-refractivity contribution in [2.75, 3.05) is 24.7 Å². The molecule has 0 atom stereocenters. The second-order valence-corrected chi connectivity index (χ2v) is 4.46. The zero-order valence-corrected chi connectivity index (χ0v) is 12.1. The molecule has 19 heavy (non-hydrogen) atoms. The van der Waals surface area contributed by atoms with Crippen LogP contribution in [0.15, 0.2) is 24.3 Å². The Labute approximate surface area is 117 Å². The third-order valence-corrected chi connectivity index (χ3v) is 2.14. The number of rotatable bonds is 6. The van der Waals surface area contributed by atoms with E-state index in [1.165, 1.54) is 13.8 Å². The number of carboxylic acid groups (broad SMARTS) is 2. The number of thioether (sulfide) groups is 1. The maximum atomic E-state index is 9.60. The van der Waals surface area contributed by atoms with Gasteiger partial charge in [0.2, 0.25) is 0 Å². The summed E-state index contributed by atoms with van der Waals surface area (Å²) in [5.74, 6) is -0.397. The summed E-state index contributed by atoms with van der Waals surface area (Å²) in [5.41, 5.74) is 0.352. The van der Waals surface area contributed by atoms with Gasteiger partial charge < -0.3 is 20.4 Å². The molecular weight excluding hydrogens is 272 g/mol. The number of carbonyl (C=O) groups is 2. The lowest BCUT2D eigenvalue weighted by Gasteiger charge is -1.90. The monoisotopic (exact) mass is 294 g/mol. The van der Waals surface area contributed by atoms with E-state index in [-0.39, 0.29) is 24.4 Å². The first-order valence-electron chi connectivity index (χ1n) is 5.27. The van der Waals surface area contributed by atoms with Crippen molar-refractivity contribution in [2.24, 2.45) is 0 Å².